The predicted octanol–water partition coefficient (Wildman–Crippen LogP) is 2.38. The molecule has 0 atom stereocenters. The van der Waals surface area contributed by atoms with E-state index in [2.05, 4.69) is 35.9 Å². The van der Waals surface area contributed by atoms with Crippen molar-refractivity contribution in [2.45, 2.75) is 38.1 Å². The minimum absolute atomic E-state index is 0.0659. The van der Waals surface area contributed by atoms with Gasteiger partial charge in [0, 0.05) is 18.5 Å². The quantitative estimate of drug-likeness (QED) is 0.663. The third-order valence-electron chi connectivity index (χ3n) is 3.94. The van der Waals surface area contributed by atoms with Crippen LogP contribution in [0.25, 0.3) is 0 Å². The molecule has 1 aromatic carbocycles. The number of rotatable bonds is 5. The van der Waals surface area contributed by atoms with Gasteiger partial charge in [-0.2, -0.15) is 0 Å². The van der Waals surface area contributed by atoms with Crippen LogP contribution >= 0.6 is 0 Å². The van der Waals surface area contributed by atoms with Crippen molar-refractivity contribution >= 4 is 5.96 Å². The predicted molar refractivity (Wildman–Crippen MR) is 83.3 cm³/mol. The van der Waals surface area contributed by atoms with Gasteiger partial charge in [-0.1, -0.05) is 26.0 Å². The van der Waals surface area contributed by atoms with Gasteiger partial charge >= 0.3 is 0 Å². The Morgan fingerprint density at radius 1 is 1.45 bits per heavy atom. The van der Waals surface area contributed by atoms with Crippen molar-refractivity contribution in [2.24, 2.45) is 10.7 Å². The Morgan fingerprint density at radius 3 is 2.75 bits per heavy atom. The van der Waals surface area contributed by atoms with Gasteiger partial charge in [-0.05, 0) is 30.5 Å². The lowest BCUT2D eigenvalue weighted by Gasteiger charge is -2.25. The molecule has 1 aromatic rings. The number of methoxy groups -OCH3 is 1. The Balaban J connectivity index is 2.07. The van der Waals surface area contributed by atoms with E-state index in [0.717, 1.165) is 5.75 Å². The molecule has 0 aromatic heterocycles. The Kier molecular flexibility index (Phi) is 4.21. The van der Waals surface area contributed by atoms with Crippen LogP contribution in [-0.2, 0) is 5.41 Å². The third kappa shape index (κ3) is 3.44. The Bertz CT molecular complexity index is 492. The van der Waals surface area contributed by atoms with Gasteiger partial charge in [0.05, 0.1) is 13.7 Å². The van der Waals surface area contributed by atoms with E-state index in [1.54, 1.807) is 7.11 Å². The minimum Gasteiger partial charge on any atom is -0.497 e. The normalized spacial score (nSPS) is 16.1. The molecule has 0 spiro atoms. The maximum atomic E-state index is 6.05. The lowest BCUT2D eigenvalue weighted by molar-refractivity contribution is 0.412. The van der Waals surface area contributed by atoms with E-state index in [-0.39, 0.29) is 5.41 Å². The largest absolute Gasteiger partial charge is 0.497 e. The third-order valence-corrected chi connectivity index (χ3v) is 3.94. The summed E-state index contributed by atoms with van der Waals surface area (Å²) in [4.78, 5) is 6.65. The number of benzene rings is 1. The SMILES string of the molecule is COc1cccc(C(C)(C)CN=C(N)N(C)C2CC2)c1. The molecule has 0 saturated heterocycles. The molecule has 110 valence electrons. The summed E-state index contributed by atoms with van der Waals surface area (Å²) in [6, 6.07) is 8.74. The van der Waals surface area contributed by atoms with Crippen LogP contribution in [0.3, 0.4) is 0 Å². The molecule has 1 fully saturated rings. The molecule has 1 aliphatic carbocycles. The number of nitrogens with zero attached hydrogens (tertiary/aromatic N) is 2. The zero-order valence-corrected chi connectivity index (χ0v) is 12.9. The number of nitrogens with two attached hydrogens (primary N) is 1. The van der Waals surface area contributed by atoms with Crippen molar-refractivity contribution in [2.75, 3.05) is 20.7 Å². The average Bonchev–Trinajstić information content (AvgIpc) is 3.28. The summed E-state index contributed by atoms with van der Waals surface area (Å²) in [6.07, 6.45) is 2.46. The minimum atomic E-state index is -0.0659. The van der Waals surface area contributed by atoms with E-state index in [0.29, 0.717) is 18.5 Å². The molecule has 0 aliphatic heterocycles. The number of hydrogen-bond acceptors (Lipinski definition) is 2. The summed E-state index contributed by atoms with van der Waals surface area (Å²) in [5.41, 5.74) is 7.20. The molecule has 2 N–H and O–H groups in total. The van der Waals surface area contributed by atoms with Gasteiger partial charge in [-0.15, -0.1) is 0 Å². The first-order valence-corrected chi connectivity index (χ1v) is 7.11. The highest BCUT2D eigenvalue weighted by atomic mass is 16.5. The Hall–Kier alpha value is -1.71. The molecule has 4 nitrogen and oxygen atoms in total. The Morgan fingerprint density at radius 2 is 2.15 bits per heavy atom. The standard InChI is InChI=1S/C16H25N3O/c1-16(2,12-6-5-7-14(10-12)20-4)11-18-15(17)19(3)13-8-9-13/h5-7,10,13H,8-9,11H2,1-4H3,(H2,17,18). The van der Waals surface area contributed by atoms with Crippen LogP contribution in [0.2, 0.25) is 0 Å². The highest BCUT2D eigenvalue weighted by Crippen LogP contribution is 2.28. The summed E-state index contributed by atoms with van der Waals surface area (Å²) in [6.45, 7) is 5.02. The van der Waals surface area contributed by atoms with Crippen LogP contribution in [0.5, 0.6) is 5.75 Å². The summed E-state index contributed by atoms with van der Waals surface area (Å²) in [5.74, 6) is 1.52. The van der Waals surface area contributed by atoms with Crippen LogP contribution < -0.4 is 10.5 Å². The zero-order valence-electron chi connectivity index (χ0n) is 12.9. The van der Waals surface area contributed by atoms with E-state index >= 15 is 0 Å². The number of aliphatic imine (C=N–C) groups is 1. The lowest BCUT2D eigenvalue weighted by Crippen LogP contribution is -2.37. The van der Waals surface area contributed by atoms with Gasteiger partial charge in [0.1, 0.15) is 5.75 Å². The molecular formula is C16H25N3O. The first-order valence-electron chi connectivity index (χ1n) is 7.11. The van der Waals surface area contributed by atoms with Crippen LogP contribution in [0.1, 0.15) is 32.3 Å². The fourth-order valence-electron chi connectivity index (χ4n) is 2.17. The molecular weight excluding hydrogens is 250 g/mol. The molecule has 0 radical (unpaired) electrons. The second kappa shape index (κ2) is 5.73. The molecule has 0 amide bonds. The number of hydrogen-bond donors (Lipinski definition) is 1. The maximum Gasteiger partial charge on any atom is 0.191 e. The van der Waals surface area contributed by atoms with Crippen LogP contribution in [-0.4, -0.2) is 37.6 Å². The first kappa shape index (κ1) is 14.7. The lowest BCUT2D eigenvalue weighted by atomic mass is 9.85. The molecule has 0 unspecified atom stereocenters. The second-order valence-electron chi connectivity index (χ2n) is 6.13. The van der Waals surface area contributed by atoms with Crippen LogP contribution in [0, 0.1) is 0 Å². The van der Waals surface area contributed by atoms with Crippen molar-refractivity contribution in [3.8, 4) is 5.75 Å². The molecule has 0 heterocycles. The topological polar surface area (TPSA) is 50.9 Å². The van der Waals surface area contributed by atoms with Gasteiger partial charge in [0.15, 0.2) is 5.96 Å². The van der Waals surface area contributed by atoms with E-state index in [4.69, 9.17) is 10.5 Å². The van der Waals surface area contributed by atoms with E-state index < -0.39 is 0 Å². The van der Waals surface area contributed by atoms with Gasteiger partial charge in [0.2, 0.25) is 0 Å². The summed E-state index contributed by atoms with van der Waals surface area (Å²) in [5, 5.41) is 0. The summed E-state index contributed by atoms with van der Waals surface area (Å²) in [7, 11) is 3.71. The van der Waals surface area contributed by atoms with Gasteiger partial charge in [0.25, 0.3) is 0 Å². The van der Waals surface area contributed by atoms with Gasteiger partial charge in [-0.25, -0.2) is 0 Å². The van der Waals surface area contributed by atoms with Crippen molar-refractivity contribution in [1.82, 2.24) is 4.90 Å². The van der Waals surface area contributed by atoms with Crippen molar-refractivity contribution in [1.29, 1.82) is 0 Å². The van der Waals surface area contributed by atoms with E-state index in [9.17, 15) is 0 Å². The highest BCUT2D eigenvalue weighted by molar-refractivity contribution is 5.78. The summed E-state index contributed by atoms with van der Waals surface area (Å²) < 4.78 is 5.28. The zero-order chi connectivity index (χ0) is 14.8. The average molecular weight is 275 g/mol. The monoisotopic (exact) mass is 275 g/mol. The Labute approximate surface area is 121 Å². The van der Waals surface area contributed by atoms with E-state index in [1.807, 2.05) is 19.2 Å². The molecule has 4 heteroatoms. The summed E-state index contributed by atoms with van der Waals surface area (Å²) >= 11 is 0. The van der Waals surface area contributed by atoms with Crippen LogP contribution in [0.15, 0.2) is 29.3 Å². The fourth-order valence-corrected chi connectivity index (χ4v) is 2.17. The number of guanidine groups is 1. The molecule has 1 aliphatic rings. The van der Waals surface area contributed by atoms with Gasteiger partial charge < -0.3 is 15.4 Å². The number of ether oxygens (including phenoxy) is 1. The van der Waals surface area contributed by atoms with Crippen LogP contribution in [0.4, 0.5) is 0 Å². The molecule has 0 bridgehead atoms. The van der Waals surface area contributed by atoms with Crippen molar-refractivity contribution in [3.05, 3.63) is 29.8 Å². The fraction of sp³-hybridized carbons (Fsp3) is 0.562. The molecule has 20 heavy (non-hydrogen) atoms. The maximum absolute atomic E-state index is 6.05. The highest BCUT2D eigenvalue weighted by Gasteiger charge is 2.28. The van der Waals surface area contributed by atoms with E-state index in [1.165, 1.54) is 18.4 Å². The smallest absolute Gasteiger partial charge is 0.191 e. The molecule has 1 saturated carbocycles. The van der Waals surface area contributed by atoms with Gasteiger partial charge in [-0.3, -0.25) is 4.99 Å². The first-order chi connectivity index (χ1) is 9.44. The molecule has 2 rings (SSSR count). The van der Waals surface area contributed by atoms with Crippen molar-refractivity contribution < 1.29 is 4.74 Å². The van der Waals surface area contributed by atoms with Crippen molar-refractivity contribution in [3.63, 3.8) is 0 Å². The second-order valence-corrected chi connectivity index (χ2v) is 6.13.